The number of phenols is 1. The van der Waals surface area contributed by atoms with E-state index in [4.69, 9.17) is 11.6 Å². The summed E-state index contributed by atoms with van der Waals surface area (Å²) in [6.45, 7) is 1.79. The molecule has 0 radical (unpaired) electrons. The van der Waals surface area contributed by atoms with E-state index < -0.39 is 48.1 Å². The molecule has 0 aliphatic heterocycles. The monoisotopic (exact) mass is 586 g/mol. The second kappa shape index (κ2) is 13.0. The molecule has 0 bridgehead atoms. The summed E-state index contributed by atoms with van der Waals surface area (Å²) < 4.78 is 57.2. The Morgan fingerprint density at radius 1 is 1.03 bits per heavy atom. The molecule has 0 atom stereocenters. The number of hydrogen-bond donors (Lipinski definition) is 4. The van der Waals surface area contributed by atoms with Gasteiger partial charge in [0.1, 0.15) is 16.5 Å². The zero-order valence-corrected chi connectivity index (χ0v) is 21.6. The molecule has 1 amide bonds. The predicted octanol–water partition coefficient (Wildman–Crippen LogP) is 5.17. The van der Waals surface area contributed by atoms with Gasteiger partial charge in [-0.25, -0.2) is 8.42 Å². The summed E-state index contributed by atoms with van der Waals surface area (Å²) in [5.41, 5.74) is 1.19. The molecule has 0 aromatic heterocycles. The van der Waals surface area contributed by atoms with Gasteiger partial charge < -0.3 is 15.7 Å². The van der Waals surface area contributed by atoms with Crippen LogP contribution in [0.5, 0.6) is 5.75 Å². The van der Waals surface area contributed by atoms with Gasteiger partial charge in [0.25, 0.3) is 16.0 Å². The molecule has 0 heterocycles. The third-order valence-electron chi connectivity index (χ3n) is 5.08. The van der Waals surface area contributed by atoms with Crippen molar-refractivity contribution >= 4 is 65.3 Å². The smallest absolute Gasteiger partial charge is 0.296 e. The van der Waals surface area contributed by atoms with Crippen molar-refractivity contribution in [3.63, 3.8) is 0 Å². The number of nitrogens with one attached hydrogen (secondary N) is 2. The first-order chi connectivity index (χ1) is 16.9. The van der Waals surface area contributed by atoms with Crippen molar-refractivity contribution < 1.29 is 31.3 Å². The van der Waals surface area contributed by atoms with E-state index in [1.54, 1.807) is 26.1 Å². The maximum absolute atomic E-state index is 12.2. The number of azo groups is 1. The normalized spacial score (nSPS) is 11.6. The number of alkyl halides is 1. The van der Waals surface area contributed by atoms with E-state index >= 15 is 0 Å². The Hall–Kier alpha value is -3.26. The zero-order valence-electron chi connectivity index (χ0n) is 19.2. The lowest BCUT2D eigenvalue weighted by Crippen LogP contribution is -2.31. The number of aryl methyl sites for hydroxylation is 1. The van der Waals surface area contributed by atoms with E-state index in [2.05, 4.69) is 20.9 Å². The molecule has 0 spiro atoms. The largest absolute Gasteiger partial charge is 0.505 e. The van der Waals surface area contributed by atoms with Crippen LogP contribution in [0.3, 0.4) is 0 Å². The minimum absolute atomic E-state index is 0. The van der Waals surface area contributed by atoms with Crippen molar-refractivity contribution in [2.75, 3.05) is 29.9 Å². The second-order valence-corrected chi connectivity index (χ2v) is 11.7. The van der Waals surface area contributed by atoms with Crippen LogP contribution in [-0.4, -0.2) is 57.0 Å². The van der Waals surface area contributed by atoms with Gasteiger partial charge >= 0.3 is 0 Å². The molecule has 0 unspecified atom stereocenters. The summed E-state index contributed by atoms with van der Waals surface area (Å²) in [5.74, 6) is -2.04. The fraction of sp³-hybridized carbons (Fsp3) is 0.292. The van der Waals surface area contributed by atoms with Gasteiger partial charge in [-0.15, -0.1) is 16.7 Å². The van der Waals surface area contributed by atoms with E-state index in [9.17, 15) is 31.3 Å². The lowest BCUT2D eigenvalue weighted by Gasteiger charge is -2.13. The van der Waals surface area contributed by atoms with Gasteiger partial charge in [-0.1, -0.05) is 20.9 Å². The Balaban J connectivity index is 0.00000361. The number of aromatic hydroxyl groups is 1. The van der Waals surface area contributed by atoms with Crippen LogP contribution in [-0.2, 0) is 20.0 Å². The SMILES string of the molecule is C.C.CNc1cc(C)cc2cc(S(=O)(=O)O)c(N=Nc3ccc(C(=O)NCS(=O)(=O)CCCl)cc3)c(O)c12. The molecule has 14 heteroatoms. The van der Waals surface area contributed by atoms with Crippen LogP contribution < -0.4 is 10.6 Å². The van der Waals surface area contributed by atoms with Gasteiger partial charge in [0.2, 0.25) is 0 Å². The number of rotatable bonds is 9. The van der Waals surface area contributed by atoms with Gasteiger partial charge in [0, 0.05) is 29.6 Å². The van der Waals surface area contributed by atoms with Crippen LogP contribution in [0.1, 0.15) is 30.8 Å². The molecule has 4 N–H and O–H groups in total. The van der Waals surface area contributed by atoms with E-state index in [-0.39, 0.29) is 37.7 Å². The van der Waals surface area contributed by atoms with Crippen molar-refractivity contribution in [2.45, 2.75) is 26.7 Å². The van der Waals surface area contributed by atoms with Crippen LogP contribution in [0, 0.1) is 6.92 Å². The average Bonchev–Trinajstić information content (AvgIpc) is 2.80. The number of amides is 1. The molecular formula is C24H31ClN4O7S2. The topological polar surface area (TPSA) is 175 Å². The Morgan fingerprint density at radius 3 is 2.21 bits per heavy atom. The van der Waals surface area contributed by atoms with Crippen molar-refractivity contribution in [1.29, 1.82) is 0 Å². The standard InChI is InChI=1S/C22H23ClN4O7S2.2CH4/c1-13-9-15-11-18(36(32,33)34)20(21(28)19(15)17(10-13)24-2)27-26-16-5-3-14(4-6-16)22(29)25-12-35(30,31)8-7-23;;/h3-6,9-11,24,28H,7-8,12H2,1-2H3,(H,25,29)(H,32,33,34);2*1H4. The molecule has 208 valence electrons. The summed E-state index contributed by atoms with van der Waals surface area (Å²) in [6.07, 6.45) is 0. The van der Waals surface area contributed by atoms with E-state index in [0.29, 0.717) is 16.5 Å². The lowest BCUT2D eigenvalue weighted by molar-refractivity contribution is 0.0960. The number of sulfone groups is 1. The van der Waals surface area contributed by atoms with Gasteiger partial charge in [0.15, 0.2) is 15.6 Å². The van der Waals surface area contributed by atoms with E-state index in [1.165, 1.54) is 30.3 Å². The van der Waals surface area contributed by atoms with Crippen molar-refractivity contribution in [1.82, 2.24) is 5.32 Å². The molecule has 38 heavy (non-hydrogen) atoms. The molecule has 0 saturated carbocycles. The van der Waals surface area contributed by atoms with Crippen LogP contribution in [0.25, 0.3) is 10.8 Å². The Morgan fingerprint density at radius 2 is 1.66 bits per heavy atom. The van der Waals surface area contributed by atoms with Crippen molar-refractivity contribution in [3.05, 3.63) is 53.6 Å². The van der Waals surface area contributed by atoms with Crippen molar-refractivity contribution in [2.24, 2.45) is 10.2 Å². The third kappa shape index (κ3) is 7.63. The van der Waals surface area contributed by atoms with Crippen LogP contribution in [0.4, 0.5) is 17.1 Å². The molecule has 0 aliphatic carbocycles. The number of benzene rings is 3. The number of phenolic OH excluding ortho intramolecular Hbond substituents is 1. The molecular weight excluding hydrogens is 556 g/mol. The first kappa shape index (κ1) is 32.8. The lowest BCUT2D eigenvalue weighted by atomic mass is 10.0. The Bertz CT molecular complexity index is 1560. The summed E-state index contributed by atoms with van der Waals surface area (Å²) in [6, 6.07) is 10.1. The minimum atomic E-state index is -4.77. The zero-order chi connectivity index (χ0) is 26.7. The van der Waals surface area contributed by atoms with Gasteiger partial charge in [-0.3, -0.25) is 9.35 Å². The number of halogens is 1. The molecule has 0 aliphatic rings. The molecule has 0 saturated heterocycles. The third-order valence-corrected chi connectivity index (χ3v) is 7.77. The van der Waals surface area contributed by atoms with Gasteiger partial charge in [-0.2, -0.15) is 13.5 Å². The number of nitrogens with zero attached hydrogens (tertiary/aromatic N) is 2. The summed E-state index contributed by atoms with van der Waals surface area (Å²) in [4.78, 5) is 11.6. The van der Waals surface area contributed by atoms with Crippen LogP contribution >= 0.6 is 11.6 Å². The molecule has 3 aromatic carbocycles. The number of anilines is 1. The maximum atomic E-state index is 12.2. The fourth-order valence-electron chi connectivity index (χ4n) is 3.38. The number of carbonyl (C=O) groups is 1. The highest BCUT2D eigenvalue weighted by Crippen LogP contribution is 2.44. The number of fused-ring (bicyclic) bond motifs is 1. The summed E-state index contributed by atoms with van der Waals surface area (Å²) >= 11 is 5.43. The van der Waals surface area contributed by atoms with E-state index in [1.807, 2.05) is 0 Å². The molecule has 3 aromatic rings. The average molecular weight is 587 g/mol. The highest BCUT2D eigenvalue weighted by atomic mass is 35.5. The molecule has 11 nitrogen and oxygen atoms in total. The first-order valence-corrected chi connectivity index (χ1v) is 14.2. The van der Waals surface area contributed by atoms with Crippen LogP contribution in [0.2, 0.25) is 0 Å². The van der Waals surface area contributed by atoms with E-state index in [0.717, 1.165) is 5.56 Å². The fourth-order valence-corrected chi connectivity index (χ4v) is 5.48. The van der Waals surface area contributed by atoms with Gasteiger partial charge in [-0.05, 0) is 54.3 Å². The first-order valence-electron chi connectivity index (χ1n) is 10.4. The molecule has 3 rings (SSSR count). The van der Waals surface area contributed by atoms with Crippen LogP contribution in [0.15, 0.2) is 57.6 Å². The number of carbonyl (C=O) groups excluding carboxylic acids is 1. The second-order valence-electron chi connectivity index (χ2n) is 7.74. The molecule has 0 fully saturated rings. The summed E-state index contributed by atoms with van der Waals surface area (Å²) in [7, 11) is -6.65. The highest BCUT2D eigenvalue weighted by Gasteiger charge is 2.23. The highest BCUT2D eigenvalue weighted by molar-refractivity contribution is 7.91. The quantitative estimate of drug-likeness (QED) is 0.151. The predicted molar refractivity (Wildman–Crippen MR) is 151 cm³/mol. The maximum Gasteiger partial charge on any atom is 0.296 e. The summed E-state index contributed by atoms with van der Waals surface area (Å²) in [5, 5.41) is 24.6. The van der Waals surface area contributed by atoms with Crippen molar-refractivity contribution in [3.8, 4) is 5.75 Å². The Labute approximate surface area is 227 Å². The van der Waals surface area contributed by atoms with Gasteiger partial charge in [0.05, 0.1) is 11.4 Å². The Kier molecular flexibility index (Phi) is 11.2. The number of hydrogen-bond acceptors (Lipinski definition) is 9. The minimum Gasteiger partial charge on any atom is -0.505 e.